The predicted octanol–water partition coefficient (Wildman–Crippen LogP) is 2.33. The van der Waals surface area contributed by atoms with Crippen LogP contribution in [0.3, 0.4) is 0 Å². The van der Waals surface area contributed by atoms with E-state index >= 15 is 0 Å². The molecule has 132 valence electrons. The maximum Gasteiger partial charge on any atom is 0.224 e. The van der Waals surface area contributed by atoms with Gasteiger partial charge in [-0.25, -0.2) is 4.98 Å². The Kier molecular flexibility index (Phi) is 5.87. The second kappa shape index (κ2) is 8.10. The molecule has 5 nitrogen and oxygen atoms in total. The van der Waals surface area contributed by atoms with Crippen LogP contribution in [0.25, 0.3) is 0 Å². The number of rotatable bonds is 5. The topological polar surface area (TPSA) is 62.3 Å². The van der Waals surface area contributed by atoms with Crippen molar-refractivity contribution in [3.05, 3.63) is 15.6 Å². The van der Waals surface area contributed by atoms with Gasteiger partial charge in [0.25, 0.3) is 0 Å². The van der Waals surface area contributed by atoms with Gasteiger partial charge in [-0.05, 0) is 38.5 Å². The summed E-state index contributed by atoms with van der Waals surface area (Å²) in [4.78, 5) is 32.2. The van der Waals surface area contributed by atoms with E-state index in [1.165, 1.54) is 29.8 Å². The first-order chi connectivity index (χ1) is 11.7. The number of carbonyl (C=O) groups is 2. The van der Waals surface area contributed by atoms with Crippen LogP contribution in [0.4, 0.5) is 0 Å². The highest BCUT2D eigenvalue weighted by Crippen LogP contribution is 2.26. The van der Waals surface area contributed by atoms with Crippen molar-refractivity contribution in [2.24, 2.45) is 5.92 Å². The van der Waals surface area contributed by atoms with E-state index in [0.717, 1.165) is 37.2 Å². The highest BCUT2D eigenvalue weighted by atomic mass is 32.1. The van der Waals surface area contributed by atoms with Crippen LogP contribution in [0, 0.1) is 5.92 Å². The van der Waals surface area contributed by atoms with Gasteiger partial charge in [-0.15, -0.1) is 11.3 Å². The van der Waals surface area contributed by atoms with Crippen LogP contribution in [0.5, 0.6) is 0 Å². The summed E-state index contributed by atoms with van der Waals surface area (Å²) < 4.78 is 0. The number of amides is 2. The van der Waals surface area contributed by atoms with Crippen LogP contribution >= 0.6 is 11.3 Å². The maximum absolute atomic E-state index is 12.4. The van der Waals surface area contributed by atoms with Crippen molar-refractivity contribution in [3.63, 3.8) is 0 Å². The van der Waals surface area contributed by atoms with E-state index < -0.39 is 0 Å². The van der Waals surface area contributed by atoms with Crippen molar-refractivity contribution in [2.45, 2.75) is 58.3 Å². The third-order valence-electron chi connectivity index (χ3n) is 4.98. The molecule has 0 spiro atoms. The normalized spacial score (nSPS) is 20.5. The summed E-state index contributed by atoms with van der Waals surface area (Å²) in [5.74, 6) is 0.185. The number of nitrogens with one attached hydrogen (secondary N) is 1. The minimum atomic E-state index is -0.0567. The second-order valence-electron chi connectivity index (χ2n) is 6.76. The number of piperidine rings is 1. The molecule has 1 fully saturated rings. The summed E-state index contributed by atoms with van der Waals surface area (Å²) in [5.41, 5.74) is 1.29. The van der Waals surface area contributed by atoms with Gasteiger partial charge in [-0.3, -0.25) is 9.59 Å². The molecule has 1 aliphatic carbocycles. The largest absolute Gasteiger partial charge is 0.355 e. The van der Waals surface area contributed by atoms with Crippen LogP contribution in [0.1, 0.15) is 54.6 Å². The Balaban J connectivity index is 1.45. The van der Waals surface area contributed by atoms with E-state index in [1.807, 2.05) is 23.2 Å². The number of likely N-dealkylation sites (tertiary alicyclic amines) is 1. The minimum absolute atomic E-state index is 0.0567. The molecule has 0 radical (unpaired) electrons. The summed E-state index contributed by atoms with van der Waals surface area (Å²) in [5, 5.41) is 4.20. The van der Waals surface area contributed by atoms with Crippen molar-refractivity contribution < 1.29 is 9.59 Å². The fraction of sp³-hybridized carbons (Fsp3) is 0.722. The van der Waals surface area contributed by atoms with E-state index in [9.17, 15) is 9.59 Å². The average molecular weight is 350 g/mol. The summed E-state index contributed by atoms with van der Waals surface area (Å²) >= 11 is 1.81. The quantitative estimate of drug-likeness (QED) is 0.887. The number of aryl methyl sites for hydroxylation is 2. The lowest BCUT2D eigenvalue weighted by molar-refractivity contribution is -0.135. The van der Waals surface area contributed by atoms with Crippen LogP contribution < -0.4 is 5.32 Å². The van der Waals surface area contributed by atoms with Gasteiger partial charge in [0.15, 0.2) is 0 Å². The Morgan fingerprint density at radius 1 is 1.29 bits per heavy atom. The van der Waals surface area contributed by atoms with Crippen molar-refractivity contribution in [1.82, 2.24) is 15.2 Å². The molecule has 0 aromatic carbocycles. The van der Waals surface area contributed by atoms with Gasteiger partial charge in [-0.2, -0.15) is 0 Å². The molecule has 1 atom stereocenters. The van der Waals surface area contributed by atoms with Gasteiger partial charge in [0.1, 0.15) is 0 Å². The summed E-state index contributed by atoms with van der Waals surface area (Å²) in [6, 6.07) is 0. The second-order valence-corrected chi connectivity index (χ2v) is 7.93. The number of fused-ring (bicyclic) bond motifs is 1. The molecule has 2 amide bonds. The number of hydrogen-bond acceptors (Lipinski definition) is 4. The van der Waals surface area contributed by atoms with Gasteiger partial charge in [-0.1, -0.05) is 6.92 Å². The standard InChI is InChI=1S/C18H27N3O2S/c1-2-17(22)21-11-5-6-13(12-21)18(23)19-10-9-16-20-14-7-3-4-8-15(14)24-16/h13H,2-12H2,1H3,(H,19,23)/t13-/m0/s1. The fourth-order valence-electron chi connectivity index (χ4n) is 3.59. The number of nitrogens with zero attached hydrogens (tertiary/aromatic N) is 2. The maximum atomic E-state index is 12.4. The predicted molar refractivity (Wildman–Crippen MR) is 95.1 cm³/mol. The lowest BCUT2D eigenvalue weighted by Gasteiger charge is -2.31. The van der Waals surface area contributed by atoms with Gasteiger partial charge in [0, 0.05) is 37.4 Å². The zero-order chi connectivity index (χ0) is 16.9. The number of carbonyl (C=O) groups excluding carboxylic acids is 2. The lowest BCUT2D eigenvalue weighted by Crippen LogP contribution is -2.45. The molecular weight excluding hydrogens is 322 g/mol. The summed E-state index contributed by atoms with van der Waals surface area (Å²) in [6.07, 6.45) is 7.94. The van der Waals surface area contributed by atoms with Crippen LogP contribution in [-0.4, -0.2) is 41.3 Å². The van der Waals surface area contributed by atoms with Crippen molar-refractivity contribution >= 4 is 23.2 Å². The Bertz CT molecular complexity index is 576. The summed E-state index contributed by atoms with van der Waals surface area (Å²) in [7, 11) is 0. The van der Waals surface area contributed by atoms with Gasteiger partial charge in [0.2, 0.25) is 11.8 Å². The highest BCUT2D eigenvalue weighted by molar-refractivity contribution is 7.11. The third kappa shape index (κ3) is 4.15. The van der Waals surface area contributed by atoms with E-state index in [-0.39, 0.29) is 17.7 Å². The van der Waals surface area contributed by atoms with E-state index in [2.05, 4.69) is 5.32 Å². The Hall–Kier alpha value is -1.43. The Morgan fingerprint density at radius 2 is 2.12 bits per heavy atom. The van der Waals surface area contributed by atoms with Crippen LogP contribution in [-0.2, 0) is 28.9 Å². The van der Waals surface area contributed by atoms with E-state index in [1.54, 1.807) is 0 Å². The first-order valence-electron chi connectivity index (χ1n) is 9.20. The molecule has 3 rings (SSSR count). The smallest absolute Gasteiger partial charge is 0.224 e. The highest BCUT2D eigenvalue weighted by Gasteiger charge is 2.27. The molecule has 1 aromatic heterocycles. The third-order valence-corrected chi connectivity index (χ3v) is 6.19. The molecule has 6 heteroatoms. The molecule has 0 bridgehead atoms. The fourth-order valence-corrected chi connectivity index (χ4v) is 4.75. The first kappa shape index (κ1) is 17.4. The zero-order valence-electron chi connectivity index (χ0n) is 14.5. The Morgan fingerprint density at radius 3 is 2.92 bits per heavy atom. The van der Waals surface area contributed by atoms with E-state index in [4.69, 9.17) is 4.98 Å². The molecular formula is C18H27N3O2S. The number of aromatic nitrogens is 1. The first-order valence-corrected chi connectivity index (χ1v) is 10.0. The number of thiazole rings is 1. The number of hydrogen-bond donors (Lipinski definition) is 1. The van der Waals surface area contributed by atoms with Gasteiger partial charge >= 0.3 is 0 Å². The molecule has 1 N–H and O–H groups in total. The molecule has 0 saturated carbocycles. The van der Waals surface area contributed by atoms with Crippen molar-refractivity contribution in [2.75, 3.05) is 19.6 Å². The molecule has 1 saturated heterocycles. The van der Waals surface area contributed by atoms with Crippen molar-refractivity contribution in [1.29, 1.82) is 0 Å². The molecule has 0 unspecified atom stereocenters. The van der Waals surface area contributed by atoms with Gasteiger partial charge < -0.3 is 10.2 Å². The van der Waals surface area contributed by atoms with Crippen molar-refractivity contribution in [3.8, 4) is 0 Å². The minimum Gasteiger partial charge on any atom is -0.355 e. The molecule has 2 heterocycles. The Labute approximate surface area is 147 Å². The molecule has 1 aliphatic heterocycles. The average Bonchev–Trinajstić information content (AvgIpc) is 3.03. The lowest BCUT2D eigenvalue weighted by atomic mass is 9.97. The summed E-state index contributed by atoms with van der Waals surface area (Å²) in [6.45, 7) is 3.88. The molecule has 24 heavy (non-hydrogen) atoms. The van der Waals surface area contributed by atoms with Crippen LogP contribution in [0.15, 0.2) is 0 Å². The zero-order valence-corrected chi connectivity index (χ0v) is 15.3. The monoisotopic (exact) mass is 349 g/mol. The SMILES string of the molecule is CCC(=O)N1CCC[C@H](C(=O)NCCc2nc3c(s2)CCCC3)C1. The molecule has 2 aliphatic rings. The van der Waals surface area contributed by atoms with E-state index in [0.29, 0.717) is 19.5 Å². The van der Waals surface area contributed by atoms with Gasteiger partial charge in [0.05, 0.1) is 16.6 Å². The van der Waals surface area contributed by atoms with Crippen LogP contribution in [0.2, 0.25) is 0 Å². The molecule has 1 aromatic rings.